The smallest absolute Gasteiger partial charge is 0.339 e. The second kappa shape index (κ2) is 11.4. The van der Waals surface area contributed by atoms with E-state index in [0.717, 1.165) is 11.1 Å². The van der Waals surface area contributed by atoms with Gasteiger partial charge in [-0.15, -0.1) is 0 Å². The molecule has 1 heterocycles. The van der Waals surface area contributed by atoms with Gasteiger partial charge in [0.15, 0.2) is 18.1 Å². The highest BCUT2D eigenvalue weighted by Crippen LogP contribution is 2.33. The van der Waals surface area contributed by atoms with E-state index in [0.29, 0.717) is 46.7 Å². The Morgan fingerprint density at radius 1 is 0.861 bits per heavy atom. The van der Waals surface area contributed by atoms with E-state index in [4.69, 9.17) is 19.2 Å². The van der Waals surface area contributed by atoms with Crippen molar-refractivity contribution in [3.8, 4) is 22.8 Å². The predicted molar refractivity (Wildman–Crippen MR) is 138 cm³/mol. The first-order chi connectivity index (χ1) is 17.5. The Bertz CT molecular complexity index is 1370. The Hall–Kier alpha value is -4.39. The first-order valence-corrected chi connectivity index (χ1v) is 11.6. The average molecular weight is 485 g/mol. The predicted octanol–water partition coefficient (Wildman–Crippen LogP) is 5.12. The van der Waals surface area contributed by atoms with Gasteiger partial charge in [-0.05, 0) is 42.8 Å². The molecule has 36 heavy (non-hydrogen) atoms. The van der Waals surface area contributed by atoms with Crippen LogP contribution in [0.4, 0.5) is 0 Å². The number of pyridine rings is 1. The summed E-state index contributed by atoms with van der Waals surface area (Å²) in [6.45, 7) is 2.51. The minimum Gasteiger partial charge on any atom is -0.493 e. The molecule has 7 nitrogen and oxygen atoms in total. The van der Waals surface area contributed by atoms with Crippen LogP contribution in [0.15, 0.2) is 78.9 Å². The quantitative estimate of drug-likeness (QED) is 0.307. The fourth-order valence-corrected chi connectivity index (χ4v) is 3.96. The molecular formula is C29H28N2O5. The van der Waals surface area contributed by atoms with Crippen molar-refractivity contribution < 1.29 is 23.8 Å². The maximum atomic E-state index is 13.2. The molecule has 0 aliphatic carbocycles. The molecule has 0 N–H and O–H groups in total. The Balaban J connectivity index is 1.58. The number of esters is 1. The van der Waals surface area contributed by atoms with Crippen molar-refractivity contribution in [2.45, 2.75) is 13.5 Å². The first-order valence-electron chi connectivity index (χ1n) is 11.6. The van der Waals surface area contributed by atoms with Crippen LogP contribution >= 0.6 is 0 Å². The molecule has 0 saturated heterocycles. The molecule has 3 aromatic carbocycles. The lowest BCUT2D eigenvalue weighted by atomic mass is 10.0. The molecule has 0 atom stereocenters. The van der Waals surface area contributed by atoms with Crippen LogP contribution in [0, 0.1) is 0 Å². The fraction of sp³-hybridized carbons (Fsp3) is 0.207. The normalized spacial score (nSPS) is 10.6. The van der Waals surface area contributed by atoms with Gasteiger partial charge in [0.25, 0.3) is 5.91 Å². The van der Waals surface area contributed by atoms with Gasteiger partial charge in [-0.1, -0.05) is 48.5 Å². The third-order valence-electron chi connectivity index (χ3n) is 5.89. The molecule has 0 spiro atoms. The highest BCUT2D eigenvalue weighted by molar-refractivity contribution is 6.05. The number of fused-ring (bicyclic) bond motifs is 1. The second-order valence-corrected chi connectivity index (χ2v) is 8.11. The zero-order chi connectivity index (χ0) is 25.5. The molecule has 1 aromatic heterocycles. The Morgan fingerprint density at radius 3 is 2.31 bits per heavy atom. The number of hydrogen-bond acceptors (Lipinski definition) is 6. The van der Waals surface area contributed by atoms with Crippen LogP contribution in [0.5, 0.6) is 11.5 Å². The molecule has 7 heteroatoms. The lowest BCUT2D eigenvalue weighted by molar-refractivity contribution is -0.134. The van der Waals surface area contributed by atoms with E-state index in [1.165, 1.54) is 0 Å². The zero-order valence-corrected chi connectivity index (χ0v) is 20.6. The number of aromatic nitrogens is 1. The van der Waals surface area contributed by atoms with E-state index in [1.54, 1.807) is 37.3 Å². The number of benzene rings is 3. The number of carbonyl (C=O) groups excluding carboxylic acids is 2. The van der Waals surface area contributed by atoms with Gasteiger partial charge in [0.05, 0.1) is 31.0 Å². The van der Waals surface area contributed by atoms with Crippen molar-refractivity contribution in [1.82, 2.24) is 9.88 Å². The van der Waals surface area contributed by atoms with Gasteiger partial charge < -0.3 is 19.1 Å². The van der Waals surface area contributed by atoms with Crippen molar-refractivity contribution in [2.75, 3.05) is 27.4 Å². The van der Waals surface area contributed by atoms with Crippen molar-refractivity contribution in [1.29, 1.82) is 0 Å². The molecule has 0 saturated carbocycles. The van der Waals surface area contributed by atoms with Gasteiger partial charge in [0.2, 0.25) is 0 Å². The number of methoxy groups -OCH3 is 2. The van der Waals surface area contributed by atoms with E-state index in [1.807, 2.05) is 67.6 Å². The maximum absolute atomic E-state index is 13.2. The minimum absolute atomic E-state index is 0.256. The number of likely N-dealkylation sites (N-methyl/N-ethyl adjacent to an activating group) is 1. The molecule has 4 aromatic rings. The number of nitrogens with zero attached hydrogens (tertiary/aromatic N) is 2. The number of hydrogen-bond donors (Lipinski definition) is 0. The topological polar surface area (TPSA) is 78.0 Å². The largest absolute Gasteiger partial charge is 0.493 e. The second-order valence-electron chi connectivity index (χ2n) is 8.11. The molecule has 0 aliphatic rings. The summed E-state index contributed by atoms with van der Waals surface area (Å²) in [5, 5.41) is 0.649. The van der Waals surface area contributed by atoms with Crippen LogP contribution in [0.25, 0.3) is 22.2 Å². The summed E-state index contributed by atoms with van der Waals surface area (Å²) in [7, 11) is 3.13. The molecule has 0 radical (unpaired) electrons. The van der Waals surface area contributed by atoms with Crippen LogP contribution in [0.3, 0.4) is 0 Å². The zero-order valence-electron chi connectivity index (χ0n) is 20.6. The summed E-state index contributed by atoms with van der Waals surface area (Å²) in [5.41, 5.74) is 3.32. The lowest BCUT2D eigenvalue weighted by Crippen LogP contribution is -2.34. The van der Waals surface area contributed by atoms with E-state index >= 15 is 0 Å². The van der Waals surface area contributed by atoms with Gasteiger partial charge in [-0.2, -0.15) is 0 Å². The number of ether oxygens (including phenoxy) is 3. The molecule has 0 unspecified atom stereocenters. The summed E-state index contributed by atoms with van der Waals surface area (Å²) < 4.78 is 16.2. The first kappa shape index (κ1) is 24.7. The summed E-state index contributed by atoms with van der Waals surface area (Å²) in [6, 6.07) is 24.2. The van der Waals surface area contributed by atoms with Gasteiger partial charge in [-0.25, -0.2) is 9.78 Å². The van der Waals surface area contributed by atoms with E-state index in [-0.39, 0.29) is 12.5 Å². The summed E-state index contributed by atoms with van der Waals surface area (Å²) in [6.07, 6.45) is 0. The Kier molecular flexibility index (Phi) is 7.80. The monoisotopic (exact) mass is 484 g/mol. The van der Waals surface area contributed by atoms with Crippen molar-refractivity contribution in [3.63, 3.8) is 0 Å². The number of rotatable bonds is 9. The summed E-state index contributed by atoms with van der Waals surface area (Å²) in [4.78, 5) is 32.4. The Labute approximate surface area is 210 Å². The number of para-hydroxylation sites is 1. The van der Waals surface area contributed by atoms with Crippen LogP contribution in [0.2, 0.25) is 0 Å². The van der Waals surface area contributed by atoms with Gasteiger partial charge in [0, 0.05) is 24.0 Å². The highest BCUT2D eigenvalue weighted by atomic mass is 16.5. The maximum Gasteiger partial charge on any atom is 0.339 e. The van der Waals surface area contributed by atoms with Gasteiger partial charge in [0.1, 0.15) is 0 Å². The number of carbonyl (C=O) groups is 2. The van der Waals surface area contributed by atoms with Crippen molar-refractivity contribution >= 4 is 22.8 Å². The fourth-order valence-electron chi connectivity index (χ4n) is 3.96. The standard InChI is InChI=1S/C29H28N2O5/c1-4-31(18-20-10-6-5-7-11-20)28(32)19-36-29(33)23-17-25(30-24-13-9-8-12-22(23)24)21-14-15-26(34-2)27(16-21)35-3/h5-17H,4,18-19H2,1-3H3. The van der Waals surface area contributed by atoms with Crippen LogP contribution in [0.1, 0.15) is 22.8 Å². The molecule has 1 amide bonds. The SMILES string of the molecule is CCN(Cc1ccccc1)C(=O)COC(=O)c1cc(-c2ccc(OC)c(OC)c2)nc2ccccc12. The minimum atomic E-state index is -0.584. The summed E-state index contributed by atoms with van der Waals surface area (Å²) in [5.74, 6) is 0.307. The molecule has 0 fully saturated rings. The molecule has 0 aliphatic heterocycles. The van der Waals surface area contributed by atoms with Crippen molar-refractivity contribution in [2.24, 2.45) is 0 Å². The van der Waals surface area contributed by atoms with E-state index in [9.17, 15) is 9.59 Å². The van der Waals surface area contributed by atoms with E-state index < -0.39 is 5.97 Å². The molecule has 4 rings (SSSR count). The average Bonchev–Trinajstić information content (AvgIpc) is 2.93. The summed E-state index contributed by atoms with van der Waals surface area (Å²) >= 11 is 0. The van der Waals surface area contributed by atoms with Crippen molar-refractivity contribution in [3.05, 3.63) is 90.0 Å². The van der Waals surface area contributed by atoms with E-state index in [2.05, 4.69) is 0 Å². The third kappa shape index (κ3) is 5.46. The van der Waals surface area contributed by atoms with Crippen LogP contribution in [-0.2, 0) is 16.1 Å². The van der Waals surface area contributed by atoms with Gasteiger partial charge >= 0.3 is 5.97 Å². The molecule has 184 valence electrons. The molecular weight excluding hydrogens is 456 g/mol. The van der Waals surface area contributed by atoms with Gasteiger partial charge in [-0.3, -0.25) is 4.79 Å². The van der Waals surface area contributed by atoms with Crippen LogP contribution < -0.4 is 9.47 Å². The highest BCUT2D eigenvalue weighted by Gasteiger charge is 2.19. The lowest BCUT2D eigenvalue weighted by Gasteiger charge is -2.21. The molecule has 0 bridgehead atoms. The Morgan fingerprint density at radius 2 is 1.58 bits per heavy atom. The van der Waals surface area contributed by atoms with Crippen LogP contribution in [-0.4, -0.2) is 49.1 Å². The number of amides is 1. The third-order valence-corrected chi connectivity index (χ3v) is 5.89.